The monoisotopic (exact) mass is 450 g/mol. The van der Waals surface area contributed by atoms with Gasteiger partial charge in [0.05, 0.1) is 15.7 Å². The number of carbonyl (C=O) groups excluding carboxylic acids is 1. The third-order valence-electron chi connectivity index (χ3n) is 4.51. The fourth-order valence-corrected chi connectivity index (χ4v) is 4.05. The van der Waals surface area contributed by atoms with Gasteiger partial charge in [-0.2, -0.15) is 0 Å². The summed E-state index contributed by atoms with van der Waals surface area (Å²) >= 11 is 1.24. The standard InChI is InChI=1S/C20H19FN4O3S.ClH/c1-23(2)9-10-24(19-22-14-8-7-13(21)11-17(14)29-19)18(26)12-25-15-5-3-4-6-16(15)28-20(25)27;/h3-8,11H,9-10,12H2,1-2H3;1H. The lowest BCUT2D eigenvalue weighted by Gasteiger charge is -2.22. The van der Waals surface area contributed by atoms with Crippen molar-refractivity contribution < 1.29 is 13.6 Å². The highest BCUT2D eigenvalue weighted by Crippen LogP contribution is 2.29. The van der Waals surface area contributed by atoms with E-state index in [0.717, 1.165) is 0 Å². The number of halogens is 2. The maximum absolute atomic E-state index is 13.5. The van der Waals surface area contributed by atoms with Gasteiger partial charge in [0.25, 0.3) is 0 Å². The van der Waals surface area contributed by atoms with Crippen LogP contribution in [0.4, 0.5) is 9.52 Å². The van der Waals surface area contributed by atoms with Crippen LogP contribution in [0.15, 0.2) is 51.7 Å². The molecule has 10 heteroatoms. The van der Waals surface area contributed by atoms with E-state index in [1.165, 1.54) is 32.9 Å². The molecule has 0 aliphatic heterocycles. The average molecular weight is 451 g/mol. The topological polar surface area (TPSA) is 71.6 Å². The molecule has 0 saturated heterocycles. The zero-order valence-corrected chi connectivity index (χ0v) is 18.0. The van der Waals surface area contributed by atoms with E-state index in [9.17, 15) is 14.0 Å². The summed E-state index contributed by atoms with van der Waals surface area (Å²) in [6.45, 7) is 0.823. The Balaban J connectivity index is 0.00000256. The number of amides is 1. The Kier molecular flexibility index (Phi) is 6.55. The normalized spacial score (nSPS) is 11.2. The van der Waals surface area contributed by atoms with E-state index in [1.807, 2.05) is 19.0 Å². The molecule has 1 amide bonds. The number of hydrogen-bond acceptors (Lipinski definition) is 6. The summed E-state index contributed by atoms with van der Waals surface area (Å²) in [5.41, 5.74) is 1.62. The van der Waals surface area contributed by atoms with Gasteiger partial charge in [0.15, 0.2) is 10.7 Å². The lowest BCUT2D eigenvalue weighted by molar-refractivity contribution is -0.119. The molecule has 0 aliphatic rings. The van der Waals surface area contributed by atoms with E-state index in [2.05, 4.69) is 4.98 Å². The Bertz CT molecular complexity index is 1250. The molecular formula is C20H20ClFN4O3S. The largest absolute Gasteiger partial charge is 0.420 e. The second kappa shape index (κ2) is 8.95. The Labute approximate surface area is 181 Å². The Hall–Kier alpha value is -2.75. The number of anilines is 1. The Morgan fingerprint density at radius 2 is 1.97 bits per heavy atom. The first-order valence-corrected chi connectivity index (χ1v) is 9.83. The number of fused-ring (bicyclic) bond motifs is 2. The summed E-state index contributed by atoms with van der Waals surface area (Å²) in [5.74, 6) is -1.23. The van der Waals surface area contributed by atoms with Crippen LogP contribution in [-0.4, -0.2) is 47.5 Å². The molecule has 158 valence electrons. The molecule has 0 fully saturated rings. The number of rotatable bonds is 6. The van der Waals surface area contributed by atoms with Crippen molar-refractivity contribution in [1.82, 2.24) is 14.5 Å². The van der Waals surface area contributed by atoms with E-state index in [4.69, 9.17) is 4.42 Å². The van der Waals surface area contributed by atoms with Crippen molar-refractivity contribution in [2.24, 2.45) is 0 Å². The first-order chi connectivity index (χ1) is 13.9. The SMILES string of the molecule is CN(C)CCN(C(=O)Cn1c(=O)oc2ccccc21)c1nc2ccc(F)cc2s1.Cl. The van der Waals surface area contributed by atoms with E-state index >= 15 is 0 Å². The van der Waals surface area contributed by atoms with Crippen LogP contribution in [0, 0.1) is 5.82 Å². The van der Waals surface area contributed by atoms with Crippen LogP contribution in [0.1, 0.15) is 0 Å². The van der Waals surface area contributed by atoms with E-state index in [1.54, 1.807) is 30.3 Å². The molecule has 2 aromatic heterocycles. The number of benzene rings is 2. The fourth-order valence-electron chi connectivity index (χ4n) is 3.01. The number of oxazole rings is 1. The predicted molar refractivity (Wildman–Crippen MR) is 118 cm³/mol. The second-order valence-corrected chi connectivity index (χ2v) is 7.89. The van der Waals surface area contributed by atoms with Crippen LogP contribution in [0.2, 0.25) is 0 Å². The number of likely N-dealkylation sites (N-methyl/N-ethyl adjacent to an activating group) is 1. The Morgan fingerprint density at radius 3 is 2.73 bits per heavy atom. The van der Waals surface area contributed by atoms with Crippen LogP contribution in [0.5, 0.6) is 0 Å². The highest BCUT2D eigenvalue weighted by atomic mass is 35.5. The molecule has 0 radical (unpaired) electrons. The molecule has 4 aromatic rings. The van der Waals surface area contributed by atoms with Crippen molar-refractivity contribution in [3.8, 4) is 0 Å². The maximum Gasteiger partial charge on any atom is 0.420 e. The fraction of sp³-hybridized carbons (Fsp3) is 0.250. The smallest absolute Gasteiger partial charge is 0.408 e. The quantitative estimate of drug-likeness (QED) is 0.450. The number of aromatic nitrogens is 2. The minimum absolute atomic E-state index is 0. The zero-order valence-electron chi connectivity index (χ0n) is 16.4. The molecule has 0 aliphatic carbocycles. The molecule has 2 aromatic carbocycles. The van der Waals surface area contributed by atoms with Crippen molar-refractivity contribution in [2.75, 3.05) is 32.1 Å². The third kappa shape index (κ3) is 4.38. The first kappa shape index (κ1) is 21.9. The van der Waals surface area contributed by atoms with Crippen molar-refractivity contribution in [3.63, 3.8) is 0 Å². The number of para-hydroxylation sites is 2. The first-order valence-electron chi connectivity index (χ1n) is 9.02. The Morgan fingerprint density at radius 1 is 1.20 bits per heavy atom. The number of carbonyl (C=O) groups is 1. The average Bonchev–Trinajstić information content (AvgIpc) is 3.22. The lowest BCUT2D eigenvalue weighted by Crippen LogP contribution is -2.39. The number of thiazole rings is 1. The van der Waals surface area contributed by atoms with Gasteiger partial charge in [-0.15, -0.1) is 12.4 Å². The molecule has 0 N–H and O–H groups in total. The molecule has 7 nitrogen and oxygen atoms in total. The summed E-state index contributed by atoms with van der Waals surface area (Å²) in [6.07, 6.45) is 0. The van der Waals surface area contributed by atoms with Crippen LogP contribution in [0.25, 0.3) is 21.3 Å². The van der Waals surface area contributed by atoms with Gasteiger partial charge in [0.2, 0.25) is 5.91 Å². The minimum Gasteiger partial charge on any atom is -0.408 e. The summed E-state index contributed by atoms with van der Waals surface area (Å²) in [7, 11) is 3.81. The summed E-state index contributed by atoms with van der Waals surface area (Å²) in [4.78, 5) is 33.4. The van der Waals surface area contributed by atoms with Crippen LogP contribution >= 0.6 is 23.7 Å². The van der Waals surface area contributed by atoms with Crippen molar-refractivity contribution >= 4 is 56.1 Å². The van der Waals surface area contributed by atoms with Gasteiger partial charge in [-0.1, -0.05) is 23.5 Å². The number of hydrogen-bond donors (Lipinski definition) is 0. The van der Waals surface area contributed by atoms with Crippen LogP contribution in [-0.2, 0) is 11.3 Å². The van der Waals surface area contributed by atoms with Gasteiger partial charge in [-0.3, -0.25) is 14.3 Å². The molecule has 2 heterocycles. The second-order valence-electron chi connectivity index (χ2n) is 6.88. The van der Waals surface area contributed by atoms with Gasteiger partial charge in [0, 0.05) is 13.1 Å². The van der Waals surface area contributed by atoms with Gasteiger partial charge in [-0.05, 0) is 44.4 Å². The lowest BCUT2D eigenvalue weighted by atomic mass is 10.3. The zero-order chi connectivity index (χ0) is 20.5. The minimum atomic E-state index is -0.585. The van der Waals surface area contributed by atoms with E-state index < -0.39 is 5.76 Å². The van der Waals surface area contributed by atoms with Crippen molar-refractivity contribution in [2.45, 2.75) is 6.54 Å². The van der Waals surface area contributed by atoms with Gasteiger partial charge < -0.3 is 9.32 Å². The highest BCUT2D eigenvalue weighted by molar-refractivity contribution is 7.22. The molecule has 0 spiro atoms. The molecule has 0 saturated carbocycles. The third-order valence-corrected chi connectivity index (χ3v) is 5.55. The van der Waals surface area contributed by atoms with Gasteiger partial charge in [-0.25, -0.2) is 14.2 Å². The molecule has 30 heavy (non-hydrogen) atoms. The molecule has 0 atom stereocenters. The van der Waals surface area contributed by atoms with Gasteiger partial charge in [0.1, 0.15) is 12.4 Å². The highest BCUT2D eigenvalue weighted by Gasteiger charge is 2.22. The summed E-state index contributed by atoms with van der Waals surface area (Å²) in [5, 5.41) is 0.471. The molecule has 0 bridgehead atoms. The van der Waals surface area contributed by atoms with E-state index in [0.29, 0.717) is 39.5 Å². The summed E-state index contributed by atoms with van der Waals surface area (Å²) < 4.78 is 20.7. The van der Waals surface area contributed by atoms with Gasteiger partial charge >= 0.3 is 5.76 Å². The maximum atomic E-state index is 13.5. The molecule has 0 unspecified atom stereocenters. The molecule has 4 rings (SSSR count). The van der Waals surface area contributed by atoms with Crippen LogP contribution < -0.4 is 10.7 Å². The predicted octanol–water partition coefficient (Wildman–Crippen LogP) is 3.36. The van der Waals surface area contributed by atoms with Crippen molar-refractivity contribution in [1.29, 1.82) is 0 Å². The molecular weight excluding hydrogens is 431 g/mol. The number of nitrogens with zero attached hydrogens (tertiary/aromatic N) is 4. The van der Waals surface area contributed by atoms with Crippen molar-refractivity contribution in [3.05, 3.63) is 58.8 Å². The summed E-state index contributed by atoms with van der Waals surface area (Å²) in [6, 6.07) is 11.3. The van der Waals surface area contributed by atoms with E-state index in [-0.39, 0.29) is 30.7 Å². The van der Waals surface area contributed by atoms with Crippen LogP contribution in [0.3, 0.4) is 0 Å².